The van der Waals surface area contributed by atoms with Gasteiger partial charge in [0.05, 0.1) is 23.9 Å². The fraction of sp³-hybridized carbons (Fsp3) is 0.872. The van der Waals surface area contributed by atoms with Gasteiger partial charge in [-0.2, -0.15) is 0 Å². The molecule has 7 rings (SSSR count). The second kappa shape index (κ2) is 13.5. The largest absolute Gasteiger partial charge is 0.481 e. The molecule has 7 fully saturated rings. The van der Waals surface area contributed by atoms with Crippen LogP contribution in [-0.4, -0.2) is 75.7 Å². The molecule has 2 amide bonds. The standard InChI is InChI=1S/C47H74N2O7/c1-28(2)31-15-20-47(24-36(50)48-26-30-23-29(48)27-49(30)40(54)56-41(3,4)5)22-21-45(11)32(38(31)47)13-14-34-44(10)18-17-35(55-37(51)25-42(6,7)39(52)53)43(8,9)33(44)16-19-46(34,45)12/h29-35,38H,1,13-27H2,2-12H3,(H,52,53)/t29?,30?,31-,32+,33-,34+,35-,38+,44-,45+,46+,47+/m0/s1. The lowest BCUT2D eigenvalue weighted by Gasteiger charge is -2.73. The predicted octanol–water partition coefficient (Wildman–Crippen LogP) is 9.67. The Morgan fingerprint density at radius 1 is 0.786 bits per heavy atom. The summed E-state index contributed by atoms with van der Waals surface area (Å²) in [6.07, 6.45) is 11.8. The number of fused-ring (bicyclic) bond motifs is 9. The lowest BCUT2D eigenvalue weighted by Crippen LogP contribution is -2.67. The van der Waals surface area contributed by atoms with Crippen LogP contribution >= 0.6 is 0 Å². The van der Waals surface area contributed by atoms with E-state index in [9.17, 15) is 24.3 Å². The van der Waals surface area contributed by atoms with Gasteiger partial charge in [0.2, 0.25) is 5.91 Å². The summed E-state index contributed by atoms with van der Waals surface area (Å²) in [5.41, 5.74) is -0.218. The molecule has 2 aliphatic heterocycles. The highest BCUT2D eigenvalue weighted by molar-refractivity contribution is 5.81. The summed E-state index contributed by atoms with van der Waals surface area (Å²) < 4.78 is 11.9. The zero-order valence-corrected chi connectivity index (χ0v) is 36.7. The second-order valence-electron chi connectivity index (χ2n) is 23.2. The van der Waals surface area contributed by atoms with Crippen molar-refractivity contribution in [3.8, 4) is 0 Å². The highest BCUT2D eigenvalue weighted by Crippen LogP contribution is 2.78. The topological polar surface area (TPSA) is 113 Å². The van der Waals surface area contributed by atoms with Gasteiger partial charge in [0.1, 0.15) is 11.7 Å². The molecule has 2 bridgehead atoms. The van der Waals surface area contributed by atoms with Crippen LogP contribution in [0.25, 0.3) is 0 Å². The third-order valence-corrected chi connectivity index (χ3v) is 18.3. The molecule has 0 aromatic rings. The van der Waals surface area contributed by atoms with E-state index in [1.165, 1.54) is 18.4 Å². The number of piperazine rings is 1. The first-order valence-electron chi connectivity index (χ1n) is 22.2. The summed E-state index contributed by atoms with van der Waals surface area (Å²) in [6, 6.07) is 0.114. The Morgan fingerprint density at radius 3 is 2.05 bits per heavy atom. The number of aliphatic carboxylic acids is 1. The molecule has 314 valence electrons. The normalized spacial score (nSPS) is 42.6. The van der Waals surface area contributed by atoms with Crippen molar-refractivity contribution >= 4 is 23.9 Å². The third kappa shape index (κ3) is 6.36. The van der Waals surface area contributed by atoms with Crippen LogP contribution in [0.15, 0.2) is 12.2 Å². The Hall–Kier alpha value is -2.58. The van der Waals surface area contributed by atoms with Crippen LogP contribution < -0.4 is 0 Å². The van der Waals surface area contributed by atoms with Gasteiger partial charge in [-0.15, -0.1) is 0 Å². The van der Waals surface area contributed by atoms with Crippen molar-refractivity contribution in [3.63, 3.8) is 0 Å². The average molecular weight is 779 g/mol. The van der Waals surface area contributed by atoms with E-state index in [4.69, 9.17) is 9.47 Å². The van der Waals surface area contributed by atoms with E-state index in [0.717, 1.165) is 57.8 Å². The molecule has 5 aliphatic carbocycles. The van der Waals surface area contributed by atoms with Crippen molar-refractivity contribution < 1.29 is 33.8 Å². The second-order valence-corrected chi connectivity index (χ2v) is 23.2. The molecule has 0 spiro atoms. The van der Waals surface area contributed by atoms with Gasteiger partial charge in [-0.05, 0) is 163 Å². The van der Waals surface area contributed by atoms with Crippen molar-refractivity contribution in [1.82, 2.24) is 9.80 Å². The summed E-state index contributed by atoms with van der Waals surface area (Å²) >= 11 is 0. The van der Waals surface area contributed by atoms with Crippen molar-refractivity contribution in [3.05, 3.63) is 12.2 Å². The van der Waals surface area contributed by atoms with Crippen LogP contribution in [0.2, 0.25) is 0 Å². The fourth-order valence-electron chi connectivity index (χ4n) is 15.3. The molecule has 0 aromatic carbocycles. The van der Waals surface area contributed by atoms with Crippen LogP contribution in [-0.2, 0) is 23.9 Å². The number of hydrogen-bond acceptors (Lipinski definition) is 6. The van der Waals surface area contributed by atoms with Crippen molar-refractivity contribution in [2.24, 2.45) is 62.1 Å². The molecule has 0 radical (unpaired) electrons. The lowest BCUT2D eigenvalue weighted by molar-refractivity contribution is -0.250. The van der Waals surface area contributed by atoms with Crippen LogP contribution in [0.3, 0.4) is 0 Å². The maximum absolute atomic E-state index is 14.5. The van der Waals surface area contributed by atoms with Crippen LogP contribution in [0, 0.1) is 62.1 Å². The number of ether oxygens (including phenoxy) is 2. The number of nitrogens with zero attached hydrogens (tertiary/aromatic N) is 2. The number of hydrogen-bond donors (Lipinski definition) is 1. The minimum atomic E-state index is -1.16. The van der Waals surface area contributed by atoms with E-state index in [1.807, 2.05) is 25.7 Å². The lowest BCUT2D eigenvalue weighted by atomic mass is 9.32. The molecule has 0 aromatic heterocycles. The molecule has 2 saturated heterocycles. The monoisotopic (exact) mass is 779 g/mol. The maximum Gasteiger partial charge on any atom is 0.410 e. The molecule has 2 heterocycles. The van der Waals surface area contributed by atoms with Gasteiger partial charge in [0.15, 0.2) is 0 Å². The van der Waals surface area contributed by atoms with E-state index < -0.39 is 23.0 Å². The maximum atomic E-state index is 14.5. The fourth-order valence-corrected chi connectivity index (χ4v) is 15.3. The molecule has 5 saturated carbocycles. The van der Waals surface area contributed by atoms with Gasteiger partial charge in [-0.1, -0.05) is 46.8 Å². The smallest absolute Gasteiger partial charge is 0.410 e. The molecule has 1 N–H and O–H groups in total. The van der Waals surface area contributed by atoms with Crippen LogP contribution in [0.4, 0.5) is 4.79 Å². The first-order chi connectivity index (χ1) is 25.8. The minimum Gasteiger partial charge on any atom is -0.481 e. The molecule has 9 heteroatoms. The van der Waals surface area contributed by atoms with Gasteiger partial charge in [-0.25, -0.2) is 4.79 Å². The number of allylic oxidation sites excluding steroid dienone is 1. The zero-order valence-electron chi connectivity index (χ0n) is 36.7. The summed E-state index contributed by atoms with van der Waals surface area (Å²) in [7, 11) is 0. The Bertz CT molecular complexity index is 1650. The van der Waals surface area contributed by atoms with Gasteiger partial charge >= 0.3 is 18.0 Å². The van der Waals surface area contributed by atoms with Gasteiger partial charge in [0.25, 0.3) is 0 Å². The summed E-state index contributed by atoms with van der Waals surface area (Å²) in [4.78, 5) is 56.4. The minimum absolute atomic E-state index is 0.0129. The first kappa shape index (κ1) is 41.6. The van der Waals surface area contributed by atoms with E-state index >= 15 is 0 Å². The SMILES string of the molecule is C=C(C)[C@@H]1CC[C@]2(CC(=O)N3CC4CC3CN4C(=O)OC(C)(C)C)CC[C@]3(C)[C@H](CC[C@@H]4[C@@]5(C)CC[C@H](OC(=O)CC(C)(C)C(=O)O)C(C)(C)[C@@H]5CC[C@]43C)[C@@H]12. The van der Waals surface area contributed by atoms with E-state index in [-0.39, 0.29) is 63.7 Å². The number of rotatable bonds is 7. The Kier molecular flexibility index (Phi) is 10.0. The van der Waals surface area contributed by atoms with E-state index in [1.54, 1.807) is 13.8 Å². The van der Waals surface area contributed by atoms with Crippen molar-refractivity contribution in [1.29, 1.82) is 0 Å². The molecule has 2 unspecified atom stereocenters. The van der Waals surface area contributed by atoms with Crippen molar-refractivity contribution in [2.75, 3.05) is 13.1 Å². The molecule has 12 atom stereocenters. The van der Waals surface area contributed by atoms with Gasteiger partial charge in [-0.3, -0.25) is 14.4 Å². The molecule has 9 nitrogen and oxygen atoms in total. The number of esters is 1. The van der Waals surface area contributed by atoms with Crippen LogP contribution in [0.5, 0.6) is 0 Å². The molecular formula is C47H74N2O7. The summed E-state index contributed by atoms with van der Waals surface area (Å²) in [5, 5.41) is 9.64. The van der Waals surface area contributed by atoms with Gasteiger partial charge in [0, 0.05) is 24.9 Å². The van der Waals surface area contributed by atoms with E-state index in [0.29, 0.717) is 49.1 Å². The molecule has 7 aliphatic rings. The Morgan fingerprint density at radius 2 is 1.45 bits per heavy atom. The number of amides is 2. The number of carboxylic acids is 1. The highest BCUT2D eigenvalue weighted by Gasteiger charge is 2.71. The number of likely N-dealkylation sites (tertiary alicyclic amines) is 2. The first-order valence-corrected chi connectivity index (χ1v) is 22.2. The Labute approximate surface area is 337 Å². The molecule has 56 heavy (non-hydrogen) atoms. The Balaban J connectivity index is 1.09. The third-order valence-electron chi connectivity index (χ3n) is 18.3. The van der Waals surface area contributed by atoms with Crippen molar-refractivity contribution in [2.45, 2.75) is 183 Å². The molecular weight excluding hydrogens is 705 g/mol. The average Bonchev–Trinajstić information content (AvgIpc) is 3.79. The summed E-state index contributed by atoms with van der Waals surface area (Å²) in [5.74, 6) is 1.30. The zero-order chi connectivity index (χ0) is 41.2. The van der Waals surface area contributed by atoms with Gasteiger partial charge < -0.3 is 24.4 Å². The van der Waals surface area contributed by atoms with Crippen LogP contribution in [0.1, 0.15) is 160 Å². The highest BCUT2D eigenvalue weighted by atomic mass is 16.6. The summed E-state index contributed by atoms with van der Waals surface area (Å²) in [6.45, 7) is 29.3. The number of carbonyl (C=O) groups is 4. The number of carboxylic acid groups (broad SMARTS) is 1. The number of carbonyl (C=O) groups excluding carboxylic acids is 3. The predicted molar refractivity (Wildman–Crippen MR) is 216 cm³/mol. The quantitative estimate of drug-likeness (QED) is 0.202. The van der Waals surface area contributed by atoms with E-state index in [2.05, 4.69) is 53.0 Å².